The number of fused-ring (bicyclic) bond motifs is 2. The summed E-state index contributed by atoms with van der Waals surface area (Å²) < 4.78 is 0. The smallest absolute Gasteiger partial charge is 0.257 e. The summed E-state index contributed by atoms with van der Waals surface area (Å²) in [7, 11) is 0. The standard InChI is InChI=1S/C22H25N5O2.2ClH.2H2O/c1-2-3-11-25-12-14-26(15-13-25)16-20(28)27-19-9-5-4-7-17(19)22(29)24-18-8-6-10-23-21(18)27;;;;/h2-10H,11-16H2,1H3,(H,24,29);2*1H;2*1H2. The van der Waals surface area contributed by atoms with E-state index in [1.165, 1.54) is 0 Å². The largest absolute Gasteiger partial charge is 0.412 e. The van der Waals surface area contributed by atoms with Gasteiger partial charge in [0.15, 0.2) is 5.82 Å². The first-order valence-electron chi connectivity index (χ1n) is 9.91. The minimum Gasteiger partial charge on any atom is -0.412 e. The number of hydrogen-bond acceptors (Lipinski definition) is 5. The van der Waals surface area contributed by atoms with Gasteiger partial charge in [0, 0.05) is 38.9 Å². The van der Waals surface area contributed by atoms with Crippen molar-refractivity contribution in [2.75, 3.05) is 49.5 Å². The van der Waals surface area contributed by atoms with E-state index in [2.05, 4.69) is 32.3 Å². The third-order valence-corrected chi connectivity index (χ3v) is 5.31. The van der Waals surface area contributed by atoms with Crippen LogP contribution in [0.2, 0.25) is 0 Å². The molecule has 1 aromatic heterocycles. The van der Waals surface area contributed by atoms with Crippen LogP contribution in [-0.4, -0.2) is 76.8 Å². The highest BCUT2D eigenvalue weighted by atomic mass is 35.5. The Kier molecular flexibility index (Phi) is 12.8. The molecule has 33 heavy (non-hydrogen) atoms. The fourth-order valence-electron chi connectivity index (χ4n) is 3.74. The Bertz CT molecular complexity index is 952. The molecule has 9 nitrogen and oxygen atoms in total. The Morgan fingerprint density at radius 3 is 2.39 bits per heavy atom. The van der Waals surface area contributed by atoms with Gasteiger partial charge in [0.1, 0.15) is 0 Å². The van der Waals surface area contributed by atoms with Crippen molar-refractivity contribution >= 4 is 53.8 Å². The van der Waals surface area contributed by atoms with Crippen molar-refractivity contribution < 1.29 is 20.5 Å². The van der Waals surface area contributed by atoms with Crippen LogP contribution in [0.5, 0.6) is 0 Å². The second kappa shape index (κ2) is 13.9. The first kappa shape index (κ1) is 30.5. The average Bonchev–Trinajstić information content (AvgIpc) is 2.87. The first-order chi connectivity index (χ1) is 14.2. The molecule has 5 N–H and O–H groups in total. The summed E-state index contributed by atoms with van der Waals surface area (Å²) in [5.74, 6) is 0.140. The van der Waals surface area contributed by atoms with Gasteiger partial charge in [-0.15, -0.1) is 24.8 Å². The maximum atomic E-state index is 13.4. The first-order valence-corrected chi connectivity index (χ1v) is 9.91. The number of hydrogen-bond donors (Lipinski definition) is 1. The number of aromatic nitrogens is 1. The minimum absolute atomic E-state index is 0. The van der Waals surface area contributed by atoms with Gasteiger partial charge >= 0.3 is 0 Å². The number of pyridine rings is 1. The molecule has 0 atom stereocenters. The lowest BCUT2D eigenvalue weighted by molar-refractivity contribution is -0.119. The molecule has 2 amide bonds. The van der Waals surface area contributed by atoms with Gasteiger partial charge in [-0.25, -0.2) is 4.98 Å². The van der Waals surface area contributed by atoms with Crippen molar-refractivity contribution in [3.05, 3.63) is 60.3 Å². The number of carbonyl (C=O) groups excluding carboxylic acids is 2. The Hall–Kier alpha value is -2.53. The van der Waals surface area contributed by atoms with Crippen LogP contribution < -0.4 is 10.2 Å². The quantitative estimate of drug-likeness (QED) is 0.639. The summed E-state index contributed by atoms with van der Waals surface area (Å²) >= 11 is 0. The van der Waals surface area contributed by atoms with Crippen molar-refractivity contribution in [3.63, 3.8) is 0 Å². The summed E-state index contributed by atoms with van der Waals surface area (Å²) in [5.41, 5.74) is 1.58. The van der Waals surface area contributed by atoms with E-state index < -0.39 is 0 Å². The lowest BCUT2D eigenvalue weighted by Crippen LogP contribution is -2.49. The molecule has 182 valence electrons. The van der Waals surface area contributed by atoms with Gasteiger partial charge in [-0.3, -0.25) is 24.3 Å². The van der Waals surface area contributed by atoms with Gasteiger partial charge in [-0.05, 0) is 31.2 Å². The molecule has 11 heteroatoms. The Morgan fingerprint density at radius 1 is 1.03 bits per heavy atom. The molecule has 1 fully saturated rings. The van der Waals surface area contributed by atoms with Crippen LogP contribution in [0.25, 0.3) is 0 Å². The molecule has 1 aromatic carbocycles. The van der Waals surface area contributed by atoms with Crippen molar-refractivity contribution in [2.45, 2.75) is 6.92 Å². The fourth-order valence-corrected chi connectivity index (χ4v) is 3.74. The Balaban J connectivity index is 0.00000256. The molecular formula is C22H31Cl2N5O4. The van der Waals surface area contributed by atoms with Gasteiger partial charge in [-0.2, -0.15) is 0 Å². The van der Waals surface area contributed by atoms with Crippen LogP contribution in [0.15, 0.2) is 54.7 Å². The molecule has 0 saturated carbocycles. The fraction of sp³-hybridized carbons (Fsp3) is 0.318. The highest BCUT2D eigenvalue weighted by Crippen LogP contribution is 2.36. The monoisotopic (exact) mass is 499 g/mol. The predicted octanol–water partition coefficient (Wildman–Crippen LogP) is 1.70. The van der Waals surface area contributed by atoms with E-state index in [4.69, 9.17) is 0 Å². The van der Waals surface area contributed by atoms with Crippen LogP contribution in [-0.2, 0) is 4.79 Å². The molecule has 2 aliphatic rings. The zero-order valence-corrected chi connectivity index (χ0v) is 20.0. The number of nitrogens with zero attached hydrogens (tertiary/aromatic N) is 4. The lowest BCUT2D eigenvalue weighted by Gasteiger charge is -2.34. The number of nitrogens with one attached hydrogen (secondary N) is 1. The highest BCUT2D eigenvalue weighted by Gasteiger charge is 2.31. The van der Waals surface area contributed by atoms with E-state index in [0.29, 0.717) is 22.8 Å². The predicted molar refractivity (Wildman–Crippen MR) is 135 cm³/mol. The molecule has 2 aliphatic heterocycles. The summed E-state index contributed by atoms with van der Waals surface area (Å²) in [5, 5.41) is 2.87. The molecular weight excluding hydrogens is 469 g/mol. The lowest BCUT2D eigenvalue weighted by atomic mass is 10.1. The molecule has 4 rings (SSSR count). The number of amides is 2. The maximum absolute atomic E-state index is 13.4. The number of anilines is 3. The van der Waals surface area contributed by atoms with Gasteiger partial charge in [0.25, 0.3) is 5.91 Å². The average molecular weight is 500 g/mol. The molecule has 0 spiro atoms. The summed E-state index contributed by atoms with van der Waals surface area (Å²) in [6.45, 7) is 6.81. The van der Waals surface area contributed by atoms with E-state index in [0.717, 1.165) is 32.7 Å². The topological polar surface area (TPSA) is 132 Å². The Morgan fingerprint density at radius 2 is 1.70 bits per heavy atom. The minimum atomic E-state index is -0.234. The summed E-state index contributed by atoms with van der Waals surface area (Å²) in [6.07, 6.45) is 5.85. The van der Waals surface area contributed by atoms with Gasteiger partial charge in [-0.1, -0.05) is 24.3 Å². The molecule has 0 aliphatic carbocycles. The summed E-state index contributed by atoms with van der Waals surface area (Å²) in [4.78, 5) is 36.6. The Labute approximate surface area is 205 Å². The van der Waals surface area contributed by atoms with Crippen molar-refractivity contribution in [2.24, 2.45) is 0 Å². The van der Waals surface area contributed by atoms with Crippen molar-refractivity contribution in [1.29, 1.82) is 0 Å². The van der Waals surface area contributed by atoms with Gasteiger partial charge < -0.3 is 16.3 Å². The second-order valence-corrected chi connectivity index (χ2v) is 7.22. The molecule has 0 radical (unpaired) electrons. The SMILES string of the molecule is CC=CCN1CCN(CC(=O)N2c3ccccc3C(=O)Nc3cccnc32)CC1.Cl.Cl.O.O. The van der Waals surface area contributed by atoms with E-state index in [-0.39, 0.29) is 54.1 Å². The molecule has 0 unspecified atom stereocenters. The molecule has 0 bridgehead atoms. The van der Waals surface area contributed by atoms with Gasteiger partial charge in [0.2, 0.25) is 5.91 Å². The van der Waals surface area contributed by atoms with E-state index >= 15 is 0 Å². The van der Waals surface area contributed by atoms with E-state index in [9.17, 15) is 9.59 Å². The third kappa shape index (κ3) is 6.73. The van der Waals surface area contributed by atoms with E-state index in [1.807, 2.05) is 13.0 Å². The maximum Gasteiger partial charge on any atom is 0.257 e. The number of piperazine rings is 1. The zero-order valence-electron chi connectivity index (χ0n) is 18.4. The number of rotatable bonds is 4. The zero-order chi connectivity index (χ0) is 20.2. The normalized spacial score (nSPS) is 15.4. The number of halogens is 2. The number of benzene rings is 1. The van der Waals surface area contributed by atoms with Crippen molar-refractivity contribution in [1.82, 2.24) is 14.8 Å². The highest BCUT2D eigenvalue weighted by molar-refractivity contribution is 6.17. The van der Waals surface area contributed by atoms with Gasteiger partial charge in [0.05, 0.1) is 23.5 Å². The number of allylic oxidation sites excluding steroid dienone is 1. The molecule has 1 saturated heterocycles. The molecule has 3 heterocycles. The number of carbonyl (C=O) groups is 2. The van der Waals surface area contributed by atoms with Crippen LogP contribution in [0.4, 0.5) is 17.2 Å². The second-order valence-electron chi connectivity index (χ2n) is 7.22. The molecule has 2 aromatic rings. The number of para-hydroxylation sites is 1. The van der Waals surface area contributed by atoms with Crippen LogP contribution in [0.1, 0.15) is 17.3 Å². The third-order valence-electron chi connectivity index (χ3n) is 5.31. The van der Waals surface area contributed by atoms with Crippen LogP contribution >= 0.6 is 24.8 Å². The van der Waals surface area contributed by atoms with Crippen molar-refractivity contribution in [3.8, 4) is 0 Å². The van der Waals surface area contributed by atoms with E-state index in [1.54, 1.807) is 41.4 Å². The van der Waals surface area contributed by atoms with Crippen LogP contribution in [0, 0.1) is 0 Å². The van der Waals surface area contributed by atoms with Crippen LogP contribution in [0.3, 0.4) is 0 Å². The summed E-state index contributed by atoms with van der Waals surface area (Å²) in [6, 6.07) is 10.7.